The fourth-order valence-corrected chi connectivity index (χ4v) is 3.87. The number of nitrogens with zero attached hydrogens (tertiary/aromatic N) is 2. The molecule has 1 heterocycles. The van der Waals surface area contributed by atoms with Gasteiger partial charge in [-0.25, -0.2) is 0 Å². The second kappa shape index (κ2) is 5.01. The number of aromatic nitrogens is 2. The maximum atomic E-state index is 11.0. The van der Waals surface area contributed by atoms with Crippen LogP contribution in [0.2, 0.25) is 0 Å². The lowest BCUT2D eigenvalue weighted by Crippen LogP contribution is -2.27. The summed E-state index contributed by atoms with van der Waals surface area (Å²) in [6, 6.07) is 6.38. The first-order valence-electron chi connectivity index (χ1n) is 7.03. The number of hydrogen-bond acceptors (Lipinski definition) is 2. The van der Waals surface area contributed by atoms with E-state index >= 15 is 0 Å². The van der Waals surface area contributed by atoms with Gasteiger partial charge < -0.3 is 5.11 Å². The normalized spacial score (nSPS) is 17.6. The number of hydrogen-bond donors (Lipinski definition) is 1. The van der Waals surface area contributed by atoms with Crippen molar-refractivity contribution in [2.45, 2.75) is 38.2 Å². The summed E-state index contributed by atoms with van der Waals surface area (Å²) in [5, 5.41) is 15.2. The Morgan fingerprint density at radius 2 is 1.95 bits per heavy atom. The monoisotopic (exact) mass is 334 g/mol. The molecule has 2 aromatic rings. The summed E-state index contributed by atoms with van der Waals surface area (Å²) < 4.78 is 2.56. The zero-order valence-corrected chi connectivity index (χ0v) is 13.4. The van der Waals surface area contributed by atoms with Crippen LogP contribution in [-0.2, 0) is 25.5 Å². The van der Waals surface area contributed by atoms with E-state index in [0.29, 0.717) is 0 Å². The van der Waals surface area contributed by atoms with E-state index in [9.17, 15) is 5.11 Å². The van der Waals surface area contributed by atoms with Crippen LogP contribution >= 0.6 is 15.9 Å². The number of rotatable bonds is 2. The van der Waals surface area contributed by atoms with Crippen LogP contribution in [0, 0.1) is 0 Å². The van der Waals surface area contributed by atoms with Gasteiger partial charge >= 0.3 is 0 Å². The molecule has 3 nitrogen and oxygen atoms in total. The number of aryl methyl sites for hydroxylation is 3. The molecule has 0 saturated carbocycles. The molecule has 3 rings (SSSR count). The van der Waals surface area contributed by atoms with Crippen molar-refractivity contribution in [2.75, 3.05) is 0 Å². The standard InChI is InChI=1S/C16H19BrN2O/c1-16(20,15-14(17)10-18-19(15)2)13-8-7-11-5-3-4-6-12(11)9-13/h7-10,20H,3-6H2,1-2H3. The summed E-state index contributed by atoms with van der Waals surface area (Å²) in [6.07, 6.45) is 6.52. The summed E-state index contributed by atoms with van der Waals surface area (Å²) in [6.45, 7) is 1.83. The molecule has 0 amide bonds. The molecule has 0 bridgehead atoms. The molecule has 0 spiro atoms. The van der Waals surface area contributed by atoms with E-state index in [1.807, 2.05) is 20.0 Å². The van der Waals surface area contributed by atoms with Gasteiger partial charge in [0, 0.05) is 7.05 Å². The average Bonchev–Trinajstić information content (AvgIpc) is 2.78. The van der Waals surface area contributed by atoms with E-state index in [4.69, 9.17) is 0 Å². The highest BCUT2D eigenvalue weighted by Gasteiger charge is 2.32. The fourth-order valence-electron chi connectivity index (χ4n) is 3.13. The summed E-state index contributed by atoms with van der Waals surface area (Å²) in [5.41, 5.74) is 3.49. The Kier molecular flexibility index (Phi) is 3.46. The highest BCUT2D eigenvalue weighted by Crippen LogP contribution is 2.35. The smallest absolute Gasteiger partial charge is 0.129 e. The predicted molar refractivity (Wildman–Crippen MR) is 82.7 cm³/mol. The fraction of sp³-hybridized carbons (Fsp3) is 0.438. The highest BCUT2D eigenvalue weighted by molar-refractivity contribution is 9.10. The number of fused-ring (bicyclic) bond motifs is 1. The molecule has 1 aromatic heterocycles. The molecule has 4 heteroatoms. The summed E-state index contributed by atoms with van der Waals surface area (Å²) in [4.78, 5) is 0. The quantitative estimate of drug-likeness (QED) is 0.914. The Bertz CT molecular complexity index is 626. The molecule has 0 saturated heterocycles. The van der Waals surface area contributed by atoms with Crippen LogP contribution in [-0.4, -0.2) is 14.9 Å². The van der Waals surface area contributed by atoms with Crippen molar-refractivity contribution in [2.24, 2.45) is 7.05 Å². The molecule has 0 fully saturated rings. The summed E-state index contributed by atoms with van der Waals surface area (Å²) >= 11 is 3.48. The zero-order valence-electron chi connectivity index (χ0n) is 11.9. The van der Waals surface area contributed by atoms with Crippen LogP contribution in [0.4, 0.5) is 0 Å². The SMILES string of the molecule is Cn1ncc(Br)c1C(C)(O)c1ccc2c(c1)CCCC2. The van der Waals surface area contributed by atoms with E-state index in [0.717, 1.165) is 28.6 Å². The Balaban J connectivity index is 2.07. The number of halogens is 1. The maximum absolute atomic E-state index is 11.0. The largest absolute Gasteiger partial charge is 0.379 e. The molecule has 1 aromatic carbocycles. The van der Waals surface area contributed by atoms with Crippen LogP contribution in [0.25, 0.3) is 0 Å². The van der Waals surface area contributed by atoms with Gasteiger partial charge in [0.1, 0.15) is 5.60 Å². The van der Waals surface area contributed by atoms with E-state index in [-0.39, 0.29) is 0 Å². The van der Waals surface area contributed by atoms with Gasteiger partial charge in [-0.3, -0.25) is 4.68 Å². The summed E-state index contributed by atoms with van der Waals surface area (Å²) in [5.74, 6) is 0. The zero-order chi connectivity index (χ0) is 14.3. The minimum absolute atomic E-state index is 0.785. The van der Waals surface area contributed by atoms with Crippen LogP contribution in [0.1, 0.15) is 42.1 Å². The van der Waals surface area contributed by atoms with E-state index in [1.54, 1.807) is 10.9 Å². The van der Waals surface area contributed by atoms with Crippen molar-refractivity contribution in [3.05, 3.63) is 51.3 Å². The lowest BCUT2D eigenvalue weighted by atomic mass is 9.85. The molecule has 20 heavy (non-hydrogen) atoms. The molecular weight excluding hydrogens is 316 g/mol. The summed E-state index contributed by atoms with van der Waals surface area (Å²) in [7, 11) is 1.85. The molecule has 106 valence electrons. The lowest BCUT2D eigenvalue weighted by molar-refractivity contribution is 0.0920. The van der Waals surface area contributed by atoms with Gasteiger partial charge in [-0.1, -0.05) is 18.2 Å². The maximum Gasteiger partial charge on any atom is 0.129 e. The molecule has 1 aliphatic carbocycles. The van der Waals surface area contributed by atoms with E-state index in [1.165, 1.54) is 24.0 Å². The third kappa shape index (κ3) is 2.21. The highest BCUT2D eigenvalue weighted by atomic mass is 79.9. The first-order valence-corrected chi connectivity index (χ1v) is 7.82. The topological polar surface area (TPSA) is 38.0 Å². The van der Waals surface area contributed by atoms with Gasteiger partial charge in [0.15, 0.2) is 0 Å². The van der Waals surface area contributed by atoms with Gasteiger partial charge in [0.2, 0.25) is 0 Å². The van der Waals surface area contributed by atoms with Crippen molar-refractivity contribution in [1.82, 2.24) is 9.78 Å². The molecule has 0 radical (unpaired) electrons. The molecule has 0 aliphatic heterocycles. The molecule has 1 aliphatic rings. The van der Waals surface area contributed by atoms with Gasteiger partial charge in [0.05, 0.1) is 16.4 Å². The first-order chi connectivity index (χ1) is 9.50. The minimum atomic E-state index is -1.05. The van der Waals surface area contributed by atoms with E-state index in [2.05, 4.69) is 33.2 Å². The van der Waals surface area contributed by atoms with Crippen molar-refractivity contribution in [3.63, 3.8) is 0 Å². The predicted octanol–water partition coefficient (Wildman–Crippen LogP) is 3.32. The Hall–Kier alpha value is -1.13. The molecular formula is C16H19BrN2O. The first kappa shape index (κ1) is 13.8. The molecule has 1 unspecified atom stereocenters. The Morgan fingerprint density at radius 1 is 1.25 bits per heavy atom. The van der Waals surface area contributed by atoms with Crippen LogP contribution in [0.15, 0.2) is 28.9 Å². The van der Waals surface area contributed by atoms with Crippen molar-refractivity contribution in [3.8, 4) is 0 Å². The third-order valence-electron chi connectivity index (χ3n) is 4.27. The van der Waals surface area contributed by atoms with Crippen molar-refractivity contribution >= 4 is 15.9 Å². The average molecular weight is 335 g/mol. The minimum Gasteiger partial charge on any atom is -0.379 e. The Morgan fingerprint density at radius 3 is 2.60 bits per heavy atom. The second-order valence-corrected chi connectivity index (χ2v) is 6.58. The molecule has 1 atom stereocenters. The van der Waals surface area contributed by atoms with Crippen molar-refractivity contribution < 1.29 is 5.11 Å². The number of aliphatic hydroxyl groups is 1. The van der Waals surface area contributed by atoms with Crippen LogP contribution < -0.4 is 0 Å². The van der Waals surface area contributed by atoms with Gasteiger partial charge in [-0.2, -0.15) is 5.10 Å². The number of benzene rings is 1. The van der Waals surface area contributed by atoms with Crippen LogP contribution in [0.5, 0.6) is 0 Å². The lowest BCUT2D eigenvalue weighted by Gasteiger charge is -2.27. The molecule has 1 N–H and O–H groups in total. The van der Waals surface area contributed by atoms with Gasteiger partial charge in [0.25, 0.3) is 0 Å². The van der Waals surface area contributed by atoms with Crippen LogP contribution in [0.3, 0.4) is 0 Å². The van der Waals surface area contributed by atoms with Gasteiger partial charge in [-0.15, -0.1) is 0 Å². The third-order valence-corrected chi connectivity index (χ3v) is 4.85. The van der Waals surface area contributed by atoms with E-state index < -0.39 is 5.60 Å². The van der Waals surface area contributed by atoms with Gasteiger partial charge in [-0.05, 0) is 65.2 Å². The van der Waals surface area contributed by atoms with Crippen molar-refractivity contribution in [1.29, 1.82) is 0 Å². The Labute approximate surface area is 127 Å². The second-order valence-electron chi connectivity index (χ2n) is 5.73.